The molecular formula is C31H42Cl3N3O2. The zero-order valence-electron chi connectivity index (χ0n) is 22.9. The number of nitrogens with one attached hydrogen (secondary N) is 1. The molecule has 2 aliphatic carbocycles. The number of hydrogen-bond donors (Lipinski definition) is 1. The minimum atomic E-state index is -0.0810. The molecule has 39 heavy (non-hydrogen) atoms. The van der Waals surface area contributed by atoms with E-state index in [4.69, 9.17) is 16.3 Å². The molecule has 1 spiro atoms. The van der Waals surface area contributed by atoms with Crippen molar-refractivity contribution >= 4 is 17.5 Å². The number of amides is 1. The third-order valence-electron chi connectivity index (χ3n) is 10.2. The van der Waals surface area contributed by atoms with Gasteiger partial charge in [0.05, 0.1) is 25.6 Å². The van der Waals surface area contributed by atoms with Crippen LogP contribution in [0.2, 0.25) is 5.15 Å². The molecule has 8 heteroatoms. The highest BCUT2D eigenvalue weighted by atomic mass is 35.5. The average molecular weight is 595 g/mol. The number of nitrogens with zero attached hydrogens (tertiary/aromatic N) is 1. The van der Waals surface area contributed by atoms with Gasteiger partial charge in [0.15, 0.2) is 5.69 Å². The maximum atomic E-state index is 14.6. The number of aryl methyl sites for hydroxylation is 1. The average Bonchev–Trinajstić information content (AvgIpc) is 3.36. The number of H-pyrrole nitrogens is 1. The summed E-state index contributed by atoms with van der Waals surface area (Å²) < 4.78 is 5.75. The Bertz CT molecular complexity index is 1140. The lowest BCUT2D eigenvalue weighted by Gasteiger charge is -2.47. The Labute approximate surface area is 250 Å². The van der Waals surface area contributed by atoms with Crippen molar-refractivity contribution in [1.82, 2.24) is 4.90 Å². The number of likely N-dealkylation sites (tertiary alicyclic amines) is 1. The first-order valence-corrected chi connectivity index (χ1v) is 14.9. The number of para-hydroxylation sites is 1. The fourth-order valence-corrected chi connectivity index (χ4v) is 8.58. The summed E-state index contributed by atoms with van der Waals surface area (Å²) >= 11 is 6.34. The molecule has 214 valence electrons. The number of carbonyl (C=O) groups is 1. The van der Waals surface area contributed by atoms with Gasteiger partial charge in [-0.25, -0.2) is 0 Å². The van der Waals surface area contributed by atoms with Gasteiger partial charge in [-0.05, 0) is 79.7 Å². The molecule has 3 heterocycles. The van der Waals surface area contributed by atoms with Crippen LogP contribution in [0.25, 0.3) is 0 Å². The predicted octanol–water partition coefficient (Wildman–Crippen LogP) is -1.71. The number of ether oxygens (including phenoxy) is 1. The molecule has 4 atom stereocenters. The number of rotatable bonds is 4. The Morgan fingerprint density at radius 3 is 2.67 bits per heavy atom. The standard InChI is InChI=1S/C31H40ClN3O2.2ClH/c1-37-28-12-6-5-10-23(28)22-15-17-35(27(18-22)21-8-3-2-4-9-21)30(36)25-19-33-20-31(25)16-7-11-26-24(31)13-14-29(32)34-26;;/h5-6,10,12-14,21-22,25,27,33H,2-4,7-9,11,15-20H2,1H3;2*1H/t22-,25+,27?,31+;;/m1../s1. The molecule has 4 aliphatic rings. The quantitative estimate of drug-likeness (QED) is 0.429. The van der Waals surface area contributed by atoms with Gasteiger partial charge in [-0.15, -0.1) is 0 Å². The Hall–Kier alpha value is -1.53. The summed E-state index contributed by atoms with van der Waals surface area (Å²) in [4.78, 5) is 20.4. The van der Waals surface area contributed by atoms with E-state index in [1.54, 1.807) is 7.11 Å². The number of aromatic nitrogens is 1. The molecule has 2 aromatic rings. The Morgan fingerprint density at radius 2 is 1.87 bits per heavy atom. The first kappa shape index (κ1) is 30.4. The van der Waals surface area contributed by atoms with E-state index in [0.29, 0.717) is 28.9 Å². The lowest BCUT2D eigenvalue weighted by atomic mass is 9.64. The minimum Gasteiger partial charge on any atom is -1.00 e. The number of hydrogen-bond acceptors (Lipinski definition) is 2. The van der Waals surface area contributed by atoms with Crippen molar-refractivity contribution in [3.8, 4) is 5.75 Å². The van der Waals surface area contributed by atoms with E-state index < -0.39 is 0 Å². The lowest BCUT2D eigenvalue weighted by molar-refractivity contribution is -0.640. The number of pyridine rings is 1. The van der Waals surface area contributed by atoms with Crippen molar-refractivity contribution in [2.75, 3.05) is 26.7 Å². The van der Waals surface area contributed by atoms with Crippen LogP contribution >= 0.6 is 11.6 Å². The second-order valence-electron chi connectivity index (χ2n) is 11.9. The maximum absolute atomic E-state index is 14.6. The molecule has 1 aromatic heterocycles. The number of piperidine rings is 1. The molecule has 2 saturated heterocycles. The van der Waals surface area contributed by atoms with Crippen LogP contribution in [0.1, 0.15) is 80.5 Å². The zero-order chi connectivity index (χ0) is 25.4. The molecule has 3 N–H and O–H groups in total. The highest BCUT2D eigenvalue weighted by Crippen LogP contribution is 2.46. The van der Waals surface area contributed by atoms with Crippen molar-refractivity contribution in [2.45, 2.75) is 81.6 Å². The molecule has 1 aromatic carbocycles. The second kappa shape index (κ2) is 13.0. The van der Waals surface area contributed by atoms with Crippen LogP contribution in [-0.2, 0) is 16.6 Å². The number of halogens is 3. The molecule has 1 saturated carbocycles. The number of benzene rings is 1. The maximum Gasteiger partial charge on any atom is 0.273 e. The normalized spacial score (nSPS) is 28.8. The highest BCUT2D eigenvalue weighted by molar-refractivity contribution is 6.28. The second-order valence-corrected chi connectivity index (χ2v) is 12.4. The van der Waals surface area contributed by atoms with Crippen molar-refractivity contribution in [3.63, 3.8) is 0 Å². The number of carbonyl (C=O) groups excluding carboxylic acids is 1. The highest BCUT2D eigenvalue weighted by Gasteiger charge is 2.56. The van der Waals surface area contributed by atoms with E-state index in [0.717, 1.165) is 57.5 Å². The molecule has 0 bridgehead atoms. The van der Waals surface area contributed by atoms with Gasteiger partial charge in [0, 0.05) is 30.6 Å². The smallest absolute Gasteiger partial charge is 0.273 e. The van der Waals surface area contributed by atoms with Crippen molar-refractivity contribution in [2.24, 2.45) is 11.8 Å². The third-order valence-corrected chi connectivity index (χ3v) is 10.4. The third kappa shape index (κ3) is 5.66. The fraction of sp³-hybridized carbons (Fsp3) is 0.613. The van der Waals surface area contributed by atoms with E-state index in [1.807, 2.05) is 6.07 Å². The molecule has 1 unspecified atom stereocenters. The summed E-state index contributed by atoms with van der Waals surface area (Å²) in [5, 5.41) is 3.08. The van der Waals surface area contributed by atoms with Gasteiger partial charge in [-0.2, -0.15) is 4.98 Å². The first-order chi connectivity index (χ1) is 18.1. The van der Waals surface area contributed by atoms with E-state index in [1.165, 1.54) is 48.9 Å². The van der Waals surface area contributed by atoms with Gasteiger partial charge in [0.25, 0.3) is 5.15 Å². The van der Waals surface area contributed by atoms with Gasteiger partial charge >= 0.3 is 0 Å². The van der Waals surface area contributed by atoms with Crippen LogP contribution in [0, 0.1) is 11.8 Å². The Morgan fingerprint density at radius 1 is 1.08 bits per heavy atom. The summed E-state index contributed by atoms with van der Waals surface area (Å²) in [6.45, 7) is 2.75. The Kier molecular flexibility index (Phi) is 10.1. The summed E-state index contributed by atoms with van der Waals surface area (Å²) in [6, 6.07) is 13.0. The van der Waals surface area contributed by atoms with E-state index in [2.05, 4.69) is 45.5 Å². The molecular weight excluding hydrogens is 553 g/mol. The first-order valence-electron chi connectivity index (χ1n) is 14.6. The predicted molar refractivity (Wildman–Crippen MR) is 145 cm³/mol. The van der Waals surface area contributed by atoms with Crippen LogP contribution in [0.5, 0.6) is 5.75 Å². The van der Waals surface area contributed by atoms with Gasteiger partial charge in [-0.3, -0.25) is 4.79 Å². The minimum absolute atomic E-state index is 0. The number of fused-ring (bicyclic) bond motifs is 2. The van der Waals surface area contributed by atoms with E-state index >= 15 is 0 Å². The van der Waals surface area contributed by atoms with Crippen LogP contribution < -0.4 is 39.9 Å². The van der Waals surface area contributed by atoms with Crippen molar-refractivity contribution in [1.29, 1.82) is 0 Å². The zero-order valence-corrected chi connectivity index (χ0v) is 25.2. The van der Waals surface area contributed by atoms with Crippen molar-refractivity contribution < 1.29 is 44.6 Å². The topological polar surface area (TPSA) is 60.3 Å². The van der Waals surface area contributed by atoms with Gasteiger partial charge in [-0.1, -0.05) is 37.5 Å². The summed E-state index contributed by atoms with van der Waals surface area (Å²) in [5.74, 6) is 2.50. The monoisotopic (exact) mass is 593 g/mol. The fourth-order valence-electron chi connectivity index (χ4n) is 8.40. The van der Waals surface area contributed by atoms with E-state index in [-0.39, 0.29) is 36.1 Å². The largest absolute Gasteiger partial charge is 1.00 e. The number of nitrogens with two attached hydrogens (primary N) is 1. The van der Waals surface area contributed by atoms with Gasteiger partial charge in [0.1, 0.15) is 11.7 Å². The van der Waals surface area contributed by atoms with Crippen LogP contribution in [0.4, 0.5) is 0 Å². The van der Waals surface area contributed by atoms with Gasteiger partial charge in [0.2, 0.25) is 5.91 Å². The molecule has 3 fully saturated rings. The molecule has 6 rings (SSSR count). The molecule has 1 amide bonds. The molecule has 2 aliphatic heterocycles. The lowest BCUT2D eigenvalue weighted by Crippen LogP contribution is -3.00. The number of methoxy groups -OCH3 is 1. The van der Waals surface area contributed by atoms with Crippen LogP contribution in [-0.4, -0.2) is 43.6 Å². The summed E-state index contributed by atoms with van der Waals surface area (Å²) in [5.41, 5.74) is 3.82. The molecule has 5 nitrogen and oxygen atoms in total. The SMILES string of the molecule is COc1ccccc1[C@@H]1CCN(C(=O)[C@@H]2C[NH2+]C[C@]23CCCc2[nH+]c(Cl)ccc23)C(C2CCCCC2)C1.[Cl-].[Cl-]. The van der Waals surface area contributed by atoms with Crippen LogP contribution in [0.15, 0.2) is 36.4 Å². The number of aromatic amines is 1. The van der Waals surface area contributed by atoms with E-state index in [9.17, 15) is 4.79 Å². The summed E-state index contributed by atoms with van der Waals surface area (Å²) in [7, 11) is 1.78. The van der Waals surface area contributed by atoms with Crippen LogP contribution in [0.3, 0.4) is 0 Å². The summed E-state index contributed by atoms with van der Waals surface area (Å²) in [6.07, 6.45) is 11.7. The molecule has 0 radical (unpaired) electrons. The van der Waals surface area contributed by atoms with Crippen molar-refractivity contribution in [3.05, 3.63) is 58.4 Å². The number of quaternary nitrogens is 1. The van der Waals surface area contributed by atoms with Gasteiger partial charge < -0.3 is 39.8 Å². The Balaban J connectivity index is 0.00000176.